The predicted octanol–water partition coefficient (Wildman–Crippen LogP) is 1.63. The van der Waals surface area contributed by atoms with Gasteiger partial charge in [-0.2, -0.15) is 0 Å². The molecule has 1 aromatic heterocycles. The van der Waals surface area contributed by atoms with E-state index in [1.54, 1.807) is 0 Å². The Kier molecular flexibility index (Phi) is 7.47. The number of aromatic nitrogens is 3. The number of urea groups is 1. The molecule has 0 aliphatic rings. The molecule has 0 bridgehead atoms. The second-order valence-corrected chi connectivity index (χ2v) is 7.02. The van der Waals surface area contributed by atoms with Gasteiger partial charge in [0.05, 0.1) is 12.4 Å². The van der Waals surface area contributed by atoms with Crippen LogP contribution in [-0.2, 0) is 4.79 Å². The molecule has 0 aliphatic carbocycles. The highest BCUT2D eigenvalue weighted by atomic mass is 32.2. The van der Waals surface area contributed by atoms with Gasteiger partial charge in [-0.15, -0.1) is 10.2 Å². The average Bonchev–Trinajstić information content (AvgIpc) is 3.00. The zero-order chi connectivity index (χ0) is 19.8. The van der Waals surface area contributed by atoms with Crippen molar-refractivity contribution in [1.29, 1.82) is 0 Å². The smallest absolute Gasteiger partial charge is 0.321 e. The third-order valence-corrected chi connectivity index (χ3v) is 4.29. The highest BCUT2D eigenvalue weighted by molar-refractivity contribution is 7.99. The molecule has 146 valence electrons. The fourth-order valence-electron chi connectivity index (χ4n) is 2.07. The number of imide groups is 1. The van der Waals surface area contributed by atoms with Crippen molar-refractivity contribution in [2.24, 2.45) is 5.92 Å². The molecule has 0 radical (unpaired) electrons. The number of carbonyl (C=O) groups excluding carboxylic acids is 2. The van der Waals surface area contributed by atoms with E-state index >= 15 is 0 Å². The first-order chi connectivity index (χ1) is 12.9. The van der Waals surface area contributed by atoms with E-state index in [1.165, 1.54) is 4.68 Å². The van der Waals surface area contributed by atoms with Crippen LogP contribution in [0.15, 0.2) is 29.4 Å². The van der Waals surface area contributed by atoms with E-state index in [-0.39, 0.29) is 5.75 Å². The summed E-state index contributed by atoms with van der Waals surface area (Å²) in [4.78, 5) is 23.4. The minimum absolute atomic E-state index is 0.00624. The van der Waals surface area contributed by atoms with Gasteiger partial charge in [-0.3, -0.25) is 10.1 Å². The third kappa shape index (κ3) is 6.17. The van der Waals surface area contributed by atoms with Crippen LogP contribution in [0.1, 0.15) is 20.8 Å². The number of nitrogen functional groups attached to an aromatic ring is 1. The number of hydrogen-bond acceptors (Lipinski definition) is 7. The Labute approximate surface area is 162 Å². The first-order valence-corrected chi connectivity index (χ1v) is 9.53. The van der Waals surface area contributed by atoms with Crippen LogP contribution in [0.5, 0.6) is 5.75 Å². The van der Waals surface area contributed by atoms with Gasteiger partial charge >= 0.3 is 6.03 Å². The lowest BCUT2D eigenvalue weighted by molar-refractivity contribution is -0.117. The summed E-state index contributed by atoms with van der Waals surface area (Å²) in [5, 5.41) is 13.3. The lowest BCUT2D eigenvalue weighted by atomic mass is 10.2. The van der Waals surface area contributed by atoms with Gasteiger partial charge in [0.15, 0.2) is 5.82 Å². The number of hydrogen-bond donors (Lipinski definition) is 3. The number of nitrogens with zero attached hydrogens (tertiary/aromatic N) is 3. The molecule has 0 fully saturated rings. The fraction of sp³-hybridized carbons (Fsp3) is 0.412. The molecule has 0 spiro atoms. The molecule has 9 nitrogen and oxygen atoms in total. The summed E-state index contributed by atoms with van der Waals surface area (Å²) < 4.78 is 6.72. The Bertz CT molecular complexity index is 775. The number of amides is 3. The molecule has 0 unspecified atom stereocenters. The van der Waals surface area contributed by atoms with Crippen molar-refractivity contribution in [2.45, 2.75) is 25.9 Å². The largest absolute Gasteiger partial charge is 0.494 e. The zero-order valence-corrected chi connectivity index (χ0v) is 16.4. The monoisotopic (exact) mass is 392 g/mol. The summed E-state index contributed by atoms with van der Waals surface area (Å²) in [5.41, 5.74) is 0.776. The molecule has 2 rings (SSSR count). The summed E-state index contributed by atoms with van der Waals surface area (Å²) in [6.07, 6.45) is 0. The van der Waals surface area contributed by atoms with Crippen LogP contribution in [0.2, 0.25) is 0 Å². The lowest BCUT2D eigenvalue weighted by Crippen LogP contribution is -2.41. The Morgan fingerprint density at radius 1 is 1.26 bits per heavy atom. The van der Waals surface area contributed by atoms with Crippen LogP contribution in [-0.4, -0.2) is 45.7 Å². The van der Waals surface area contributed by atoms with E-state index in [4.69, 9.17) is 10.6 Å². The molecule has 1 aromatic carbocycles. The van der Waals surface area contributed by atoms with Crippen molar-refractivity contribution in [3.63, 3.8) is 0 Å². The topological polar surface area (TPSA) is 124 Å². The summed E-state index contributed by atoms with van der Waals surface area (Å²) in [5.74, 6) is 7.11. The van der Waals surface area contributed by atoms with Gasteiger partial charge in [0.1, 0.15) is 5.75 Å². The van der Waals surface area contributed by atoms with Crippen molar-refractivity contribution in [2.75, 3.05) is 24.7 Å². The number of rotatable bonds is 8. The maximum absolute atomic E-state index is 11.9. The minimum Gasteiger partial charge on any atom is -0.494 e. The van der Waals surface area contributed by atoms with Crippen molar-refractivity contribution in [3.05, 3.63) is 24.3 Å². The quantitative estimate of drug-likeness (QED) is 0.461. The normalized spacial score (nSPS) is 10.7. The molecule has 3 amide bonds. The maximum Gasteiger partial charge on any atom is 0.321 e. The van der Waals surface area contributed by atoms with Crippen molar-refractivity contribution in [1.82, 2.24) is 25.5 Å². The Morgan fingerprint density at radius 2 is 1.96 bits per heavy atom. The number of thioether (sulfide) groups is 1. The molecular weight excluding hydrogens is 368 g/mol. The number of ether oxygens (including phenoxy) is 1. The minimum atomic E-state index is -0.515. The second-order valence-electron chi connectivity index (χ2n) is 6.07. The van der Waals surface area contributed by atoms with Crippen molar-refractivity contribution in [3.8, 4) is 17.1 Å². The van der Waals surface area contributed by atoms with E-state index in [9.17, 15) is 9.59 Å². The van der Waals surface area contributed by atoms with Gasteiger partial charge in [0.2, 0.25) is 11.1 Å². The van der Waals surface area contributed by atoms with Crippen LogP contribution in [0.4, 0.5) is 4.79 Å². The molecule has 1 heterocycles. The fourth-order valence-corrected chi connectivity index (χ4v) is 2.73. The molecule has 0 atom stereocenters. The molecule has 10 heteroatoms. The van der Waals surface area contributed by atoms with Gasteiger partial charge in [-0.05, 0) is 37.1 Å². The lowest BCUT2D eigenvalue weighted by Gasteiger charge is -2.08. The molecule has 27 heavy (non-hydrogen) atoms. The standard InChI is InChI=1S/C17H24N6O3S/c1-4-26-13-7-5-12(6-8-13)15-21-22-17(23(15)18)27-10-14(24)20-16(25)19-9-11(2)3/h5-8,11H,4,9-10,18H2,1-3H3,(H2,19,20,24,25). The first kappa shape index (κ1) is 20.6. The molecule has 4 N–H and O–H groups in total. The molecule has 0 saturated carbocycles. The van der Waals surface area contributed by atoms with E-state index in [2.05, 4.69) is 20.8 Å². The summed E-state index contributed by atoms with van der Waals surface area (Å²) >= 11 is 1.10. The number of nitrogens with one attached hydrogen (secondary N) is 2. The average molecular weight is 392 g/mol. The second kappa shape index (κ2) is 9.81. The Hall–Kier alpha value is -2.75. The van der Waals surface area contributed by atoms with Crippen molar-refractivity contribution < 1.29 is 14.3 Å². The summed E-state index contributed by atoms with van der Waals surface area (Å²) in [6.45, 7) is 6.93. The summed E-state index contributed by atoms with van der Waals surface area (Å²) in [7, 11) is 0. The van der Waals surface area contributed by atoms with Gasteiger partial charge in [0.25, 0.3) is 0 Å². The van der Waals surface area contributed by atoms with E-state index in [0.29, 0.717) is 30.1 Å². The van der Waals surface area contributed by atoms with E-state index in [0.717, 1.165) is 23.1 Å². The van der Waals surface area contributed by atoms with Crippen LogP contribution in [0, 0.1) is 5.92 Å². The SMILES string of the molecule is CCOc1ccc(-c2nnc(SCC(=O)NC(=O)NCC(C)C)n2N)cc1. The summed E-state index contributed by atoms with van der Waals surface area (Å²) in [6, 6.07) is 6.79. The highest BCUT2D eigenvalue weighted by Crippen LogP contribution is 2.23. The van der Waals surface area contributed by atoms with Crippen molar-refractivity contribution >= 4 is 23.7 Å². The number of nitrogens with two attached hydrogens (primary N) is 1. The molecular formula is C17H24N6O3S. The molecule has 2 aromatic rings. The number of carbonyl (C=O) groups is 2. The number of benzene rings is 1. The third-order valence-electron chi connectivity index (χ3n) is 3.34. The van der Waals surface area contributed by atoms with E-state index in [1.807, 2.05) is 45.0 Å². The van der Waals surface area contributed by atoms with Crippen LogP contribution in [0.25, 0.3) is 11.4 Å². The van der Waals surface area contributed by atoms with Crippen LogP contribution in [0.3, 0.4) is 0 Å². The van der Waals surface area contributed by atoms with Gasteiger partial charge in [0, 0.05) is 12.1 Å². The highest BCUT2D eigenvalue weighted by Gasteiger charge is 2.15. The maximum atomic E-state index is 11.9. The van der Waals surface area contributed by atoms with Crippen LogP contribution >= 0.6 is 11.8 Å². The van der Waals surface area contributed by atoms with Gasteiger partial charge in [-0.1, -0.05) is 25.6 Å². The Morgan fingerprint density at radius 3 is 2.59 bits per heavy atom. The first-order valence-electron chi connectivity index (χ1n) is 8.55. The zero-order valence-electron chi connectivity index (χ0n) is 15.6. The van der Waals surface area contributed by atoms with Gasteiger partial charge < -0.3 is 15.9 Å². The predicted molar refractivity (Wildman–Crippen MR) is 104 cm³/mol. The van der Waals surface area contributed by atoms with E-state index < -0.39 is 11.9 Å². The molecule has 0 aliphatic heterocycles. The van der Waals surface area contributed by atoms with Gasteiger partial charge in [-0.25, -0.2) is 9.47 Å². The Balaban J connectivity index is 1.91. The molecule has 0 saturated heterocycles. The van der Waals surface area contributed by atoms with Crippen LogP contribution < -0.4 is 21.2 Å².